The third-order valence-corrected chi connectivity index (χ3v) is 3.61. The van der Waals surface area contributed by atoms with Crippen LogP contribution in [0.4, 0.5) is 5.95 Å². The molecular formula is C12H20ClN5O. The summed E-state index contributed by atoms with van der Waals surface area (Å²) in [7, 11) is 3.68. The first-order chi connectivity index (χ1) is 9.17. The van der Waals surface area contributed by atoms with Gasteiger partial charge >= 0.3 is 6.01 Å². The van der Waals surface area contributed by atoms with Crippen molar-refractivity contribution >= 4 is 17.5 Å². The number of likely N-dealkylation sites (tertiary alicyclic amines) is 1. The highest BCUT2D eigenvalue weighted by molar-refractivity contribution is 6.28. The summed E-state index contributed by atoms with van der Waals surface area (Å²) in [5.41, 5.74) is 0. The Morgan fingerprint density at radius 1 is 1.32 bits per heavy atom. The van der Waals surface area contributed by atoms with E-state index in [0.717, 1.165) is 18.9 Å². The lowest BCUT2D eigenvalue weighted by Crippen LogP contribution is -2.30. The smallest absolute Gasteiger partial charge is 0.322 e. The van der Waals surface area contributed by atoms with Gasteiger partial charge in [-0.05, 0) is 56.9 Å². The van der Waals surface area contributed by atoms with Crippen LogP contribution in [0.1, 0.15) is 19.3 Å². The predicted molar refractivity (Wildman–Crippen MR) is 74.7 cm³/mol. The number of hydrogen-bond acceptors (Lipinski definition) is 6. The summed E-state index contributed by atoms with van der Waals surface area (Å²) in [5, 5.41) is 3.33. The summed E-state index contributed by atoms with van der Waals surface area (Å²) in [4.78, 5) is 14.3. The van der Waals surface area contributed by atoms with E-state index in [-0.39, 0.29) is 11.3 Å². The van der Waals surface area contributed by atoms with E-state index in [1.54, 1.807) is 0 Å². The Morgan fingerprint density at radius 2 is 2.05 bits per heavy atom. The molecule has 106 valence electrons. The maximum absolute atomic E-state index is 5.78. The number of ether oxygens (including phenoxy) is 1. The fraction of sp³-hybridized carbons (Fsp3) is 0.750. The molecule has 1 fully saturated rings. The number of aromatic nitrogens is 3. The lowest BCUT2D eigenvalue weighted by atomic mass is 9.94. The van der Waals surface area contributed by atoms with Crippen LogP contribution in [-0.4, -0.2) is 53.6 Å². The Hall–Kier alpha value is -1.14. The van der Waals surface area contributed by atoms with E-state index in [1.807, 2.05) is 0 Å². The molecule has 1 saturated heterocycles. The maximum atomic E-state index is 5.78. The summed E-state index contributed by atoms with van der Waals surface area (Å²) in [6.45, 7) is 3.23. The molecule has 0 aliphatic carbocycles. The van der Waals surface area contributed by atoms with Gasteiger partial charge in [0.05, 0.1) is 7.11 Å². The van der Waals surface area contributed by atoms with Crippen molar-refractivity contribution in [3.8, 4) is 6.01 Å². The number of nitrogens with one attached hydrogen (secondary N) is 1. The zero-order valence-corrected chi connectivity index (χ0v) is 12.2. The number of anilines is 1. The van der Waals surface area contributed by atoms with Gasteiger partial charge in [0.2, 0.25) is 11.2 Å². The van der Waals surface area contributed by atoms with Crippen LogP contribution in [0.5, 0.6) is 6.01 Å². The van der Waals surface area contributed by atoms with Crippen LogP contribution in [0.15, 0.2) is 0 Å². The molecule has 2 rings (SSSR count). The molecular weight excluding hydrogens is 266 g/mol. The molecule has 1 aliphatic heterocycles. The van der Waals surface area contributed by atoms with Crippen LogP contribution < -0.4 is 10.1 Å². The second-order valence-electron chi connectivity index (χ2n) is 4.88. The average Bonchev–Trinajstić information content (AvgIpc) is 2.40. The number of piperidine rings is 1. The van der Waals surface area contributed by atoms with E-state index >= 15 is 0 Å². The van der Waals surface area contributed by atoms with Gasteiger partial charge in [0.25, 0.3) is 0 Å². The van der Waals surface area contributed by atoms with Crippen molar-refractivity contribution in [2.45, 2.75) is 19.3 Å². The number of nitrogens with zero attached hydrogens (tertiary/aromatic N) is 4. The molecule has 1 N–H and O–H groups in total. The van der Waals surface area contributed by atoms with Crippen LogP contribution in [0.2, 0.25) is 5.28 Å². The van der Waals surface area contributed by atoms with E-state index in [2.05, 4.69) is 32.2 Å². The Kier molecular flexibility index (Phi) is 5.15. The molecule has 0 atom stereocenters. The summed E-state index contributed by atoms with van der Waals surface area (Å²) in [6.07, 6.45) is 3.65. The quantitative estimate of drug-likeness (QED) is 0.888. The van der Waals surface area contributed by atoms with E-state index in [0.29, 0.717) is 5.95 Å². The van der Waals surface area contributed by atoms with Crippen LogP contribution >= 0.6 is 11.6 Å². The van der Waals surface area contributed by atoms with E-state index in [1.165, 1.54) is 33.0 Å². The highest BCUT2D eigenvalue weighted by Gasteiger charge is 2.16. The molecule has 0 spiro atoms. The molecule has 1 aromatic rings. The molecule has 0 amide bonds. The largest absolute Gasteiger partial charge is 0.467 e. The molecule has 7 heteroatoms. The average molecular weight is 286 g/mol. The number of rotatable bonds is 5. The molecule has 0 saturated carbocycles. The first-order valence-corrected chi connectivity index (χ1v) is 6.93. The van der Waals surface area contributed by atoms with Gasteiger partial charge in [-0.3, -0.25) is 0 Å². The van der Waals surface area contributed by atoms with Gasteiger partial charge in [-0.2, -0.15) is 15.0 Å². The van der Waals surface area contributed by atoms with Crippen molar-refractivity contribution < 1.29 is 4.74 Å². The topological polar surface area (TPSA) is 63.2 Å². The Labute approximate surface area is 118 Å². The summed E-state index contributed by atoms with van der Waals surface area (Å²) < 4.78 is 4.95. The minimum atomic E-state index is 0.147. The maximum Gasteiger partial charge on any atom is 0.322 e. The van der Waals surface area contributed by atoms with Crippen molar-refractivity contribution in [1.29, 1.82) is 0 Å². The fourth-order valence-corrected chi connectivity index (χ4v) is 2.39. The van der Waals surface area contributed by atoms with E-state index < -0.39 is 0 Å². The lowest BCUT2D eigenvalue weighted by molar-refractivity contribution is 0.215. The van der Waals surface area contributed by atoms with Gasteiger partial charge in [-0.25, -0.2) is 0 Å². The van der Waals surface area contributed by atoms with Crippen LogP contribution in [0.25, 0.3) is 0 Å². The molecule has 1 aliphatic rings. The van der Waals surface area contributed by atoms with Crippen LogP contribution in [0.3, 0.4) is 0 Å². The molecule has 1 aromatic heterocycles. The van der Waals surface area contributed by atoms with E-state index in [9.17, 15) is 0 Å². The zero-order valence-electron chi connectivity index (χ0n) is 11.4. The zero-order chi connectivity index (χ0) is 13.7. The minimum absolute atomic E-state index is 0.147. The van der Waals surface area contributed by atoms with Gasteiger partial charge in [-0.15, -0.1) is 0 Å². The van der Waals surface area contributed by atoms with Gasteiger partial charge in [0, 0.05) is 6.54 Å². The monoisotopic (exact) mass is 285 g/mol. The normalized spacial score (nSPS) is 17.4. The van der Waals surface area contributed by atoms with Crippen molar-refractivity contribution in [3.63, 3.8) is 0 Å². The van der Waals surface area contributed by atoms with Crippen molar-refractivity contribution in [2.75, 3.05) is 39.1 Å². The fourth-order valence-electron chi connectivity index (χ4n) is 2.24. The van der Waals surface area contributed by atoms with Gasteiger partial charge < -0.3 is 15.0 Å². The van der Waals surface area contributed by atoms with Crippen molar-refractivity contribution in [1.82, 2.24) is 19.9 Å². The third kappa shape index (κ3) is 4.47. The summed E-state index contributed by atoms with van der Waals surface area (Å²) in [5.74, 6) is 1.26. The second-order valence-corrected chi connectivity index (χ2v) is 5.21. The van der Waals surface area contributed by atoms with Crippen LogP contribution in [-0.2, 0) is 0 Å². The van der Waals surface area contributed by atoms with Gasteiger partial charge in [0.1, 0.15) is 0 Å². The van der Waals surface area contributed by atoms with Gasteiger partial charge in [-0.1, -0.05) is 0 Å². The molecule has 0 radical (unpaired) electrons. The summed E-state index contributed by atoms with van der Waals surface area (Å²) in [6, 6.07) is 0.238. The highest BCUT2D eigenvalue weighted by atomic mass is 35.5. The van der Waals surface area contributed by atoms with Crippen molar-refractivity contribution in [3.05, 3.63) is 5.28 Å². The first kappa shape index (κ1) is 14.3. The van der Waals surface area contributed by atoms with Crippen LogP contribution in [0, 0.1) is 5.92 Å². The first-order valence-electron chi connectivity index (χ1n) is 6.55. The molecule has 0 bridgehead atoms. The highest BCUT2D eigenvalue weighted by Crippen LogP contribution is 2.19. The number of halogens is 1. The molecule has 0 unspecified atom stereocenters. The molecule has 6 nitrogen and oxygen atoms in total. The Bertz CT molecular complexity index is 409. The second kappa shape index (κ2) is 6.86. The van der Waals surface area contributed by atoms with Gasteiger partial charge in [0.15, 0.2) is 0 Å². The number of hydrogen-bond donors (Lipinski definition) is 1. The SMILES string of the molecule is COc1nc(Cl)nc(NCCC2CCN(C)CC2)n1. The number of methoxy groups -OCH3 is 1. The minimum Gasteiger partial charge on any atom is -0.467 e. The summed E-state index contributed by atoms with van der Waals surface area (Å²) >= 11 is 5.78. The lowest BCUT2D eigenvalue weighted by Gasteiger charge is -2.28. The molecule has 2 heterocycles. The Morgan fingerprint density at radius 3 is 2.74 bits per heavy atom. The van der Waals surface area contributed by atoms with E-state index in [4.69, 9.17) is 16.3 Å². The molecule has 19 heavy (non-hydrogen) atoms. The van der Waals surface area contributed by atoms with Crippen molar-refractivity contribution in [2.24, 2.45) is 5.92 Å². The standard InChI is InChI=1S/C12H20ClN5O/c1-18-7-4-9(5-8-18)3-6-14-11-15-10(13)16-12(17-11)19-2/h9H,3-8H2,1-2H3,(H,14,15,16,17). The third-order valence-electron chi connectivity index (χ3n) is 3.44. The predicted octanol–water partition coefficient (Wildman–Crippen LogP) is 1.68. The Balaban J connectivity index is 1.77. The molecule has 0 aromatic carbocycles.